The fourth-order valence-electron chi connectivity index (χ4n) is 1.31. The third-order valence-electron chi connectivity index (χ3n) is 2.19. The number of nitrogens with zero attached hydrogens (tertiary/aromatic N) is 3. The second-order valence-electron chi connectivity index (χ2n) is 3.70. The second-order valence-corrected chi connectivity index (χ2v) is 5.08. The highest BCUT2D eigenvalue weighted by molar-refractivity contribution is 7.49. The summed E-state index contributed by atoms with van der Waals surface area (Å²) in [5.41, 5.74) is -1.52. The van der Waals surface area contributed by atoms with E-state index in [2.05, 4.69) is 10.2 Å². The van der Waals surface area contributed by atoms with Crippen molar-refractivity contribution in [3.05, 3.63) is 41.5 Å². The van der Waals surface area contributed by atoms with Gasteiger partial charge in [-0.2, -0.15) is 4.39 Å². The standard InChI is InChI=1S/C9H6F3N4O4P/c10-4-1-2-6(5(11)3-4)13-9(17)7-8(12)15-16(14-7)21(18,19)20/h1-3H,(H,13,17)(H2,18,19,20). The van der Waals surface area contributed by atoms with E-state index in [1.165, 1.54) is 0 Å². The van der Waals surface area contributed by atoms with E-state index in [0.717, 1.165) is 12.1 Å². The molecule has 0 aliphatic heterocycles. The number of anilines is 1. The Balaban J connectivity index is 2.29. The molecule has 2 aromatic rings. The van der Waals surface area contributed by atoms with Gasteiger partial charge in [0, 0.05) is 6.07 Å². The molecule has 0 saturated heterocycles. The summed E-state index contributed by atoms with van der Waals surface area (Å²) in [5.74, 6) is -4.87. The van der Waals surface area contributed by atoms with Gasteiger partial charge in [-0.05, 0) is 12.1 Å². The molecule has 1 aromatic carbocycles. The Morgan fingerprint density at radius 3 is 2.43 bits per heavy atom. The summed E-state index contributed by atoms with van der Waals surface area (Å²) in [4.78, 5) is 29.1. The zero-order valence-corrected chi connectivity index (χ0v) is 10.8. The largest absolute Gasteiger partial charge is 0.466 e. The van der Waals surface area contributed by atoms with Gasteiger partial charge in [0.1, 0.15) is 11.6 Å². The van der Waals surface area contributed by atoms with E-state index in [1.807, 2.05) is 5.32 Å². The van der Waals surface area contributed by atoms with Crippen LogP contribution in [0.5, 0.6) is 0 Å². The predicted molar refractivity (Wildman–Crippen MR) is 61.7 cm³/mol. The Morgan fingerprint density at radius 2 is 1.90 bits per heavy atom. The molecule has 0 atom stereocenters. The lowest BCUT2D eigenvalue weighted by Gasteiger charge is -2.04. The smallest absolute Gasteiger partial charge is 0.318 e. The van der Waals surface area contributed by atoms with Gasteiger partial charge in [0.2, 0.25) is 5.69 Å². The molecule has 0 bridgehead atoms. The number of aromatic nitrogens is 3. The minimum atomic E-state index is -5.01. The number of carbonyl (C=O) groups excluding carboxylic acids is 1. The Bertz CT molecular complexity index is 759. The van der Waals surface area contributed by atoms with E-state index in [-0.39, 0.29) is 4.57 Å². The van der Waals surface area contributed by atoms with Crippen molar-refractivity contribution >= 4 is 19.3 Å². The maximum atomic E-state index is 13.3. The molecule has 0 spiro atoms. The zero-order chi connectivity index (χ0) is 15.8. The van der Waals surface area contributed by atoms with Crippen LogP contribution in [0.2, 0.25) is 0 Å². The average Bonchev–Trinajstić information content (AvgIpc) is 2.75. The fourth-order valence-corrected chi connectivity index (χ4v) is 1.71. The van der Waals surface area contributed by atoms with Gasteiger partial charge in [-0.25, -0.2) is 13.3 Å². The zero-order valence-electron chi connectivity index (χ0n) is 9.87. The van der Waals surface area contributed by atoms with Crippen molar-refractivity contribution in [2.75, 3.05) is 5.32 Å². The van der Waals surface area contributed by atoms with Crippen molar-refractivity contribution in [2.24, 2.45) is 0 Å². The van der Waals surface area contributed by atoms with E-state index >= 15 is 0 Å². The molecular formula is C9H6F3N4O4P. The Morgan fingerprint density at radius 1 is 1.24 bits per heavy atom. The molecule has 8 nitrogen and oxygen atoms in total. The number of halogens is 3. The molecule has 3 N–H and O–H groups in total. The van der Waals surface area contributed by atoms with Gasteiger partial charge < -0.3 is 15.1 Å². The highest BCUT2D eigenvalue weighted by Gasteiger charge is 2.27. The normalized spacial score (nSPS) is 11.5. The lowest BCUT2D eigenvalue weighted by Crippen LogP contribution is -2.15. The van der Waals surface area contributed by atoms with E-state index in [9.17, 15) is 22.5 Å². The number of rotatable bonds is 3. The minimum absolute atomic E-state index is 0.279. The summed E-state index contributed by atoms with van der Waals surface area (Å²) in [6, 6.07) is 2.22. The van der Waals surface area contributed by atoms with Crippen LogP contribution in [0.1, 0.15) is 10.5 Å². The van der Waals surface area contributed by atoms with Crippen LogP contribution in [-0.4, -0.2) is 30.5 Å². The third kappa shape index (κ3) is 3.27. The van der Waals surface area contributed by atoms with Crippen molar-refractivity contribution in [1.82, 2.24) is 14.8 Å². The van der Waals surface area contributed by atoms with E-state index < -0.39 is 42.6 Å². The SMILES string of the molecule is O=C(Nc1ccc(F)cc1F)c1nn(P(=O)(O)O)nc1F. The van der Waals surface area contributed by atoms with Crippen molar-refractivity contribution < 1.29 is 32.3 Å². The first kappa shape index (κ1) is 15.2. The number of hydrogen-bond donors (Lipinski definition) is 3. The molecule has 2 rings (SSSR count). The molecule has 12 heteroatoms. The Kier molecular flexibility index (Phi) is 3.81. The number of nitrogens with one attached hydrogen (secondary N) is 1. The molecule has 0 aliphatic carbocycles. The van der Waals surface area contributed by atoms with Crippen molar-refractivity contribution in [3.63, 3.8) is 0 Å². The topological polar surface area (TPSA) is 117 Å². The quantitative estimate of drug-likeness (QED) is 0.722. The Labute approximate surface area is 114 Å². The van der Waals surface area contributed by atoms with Gasteiger partial charge in [0.05, 0.1) is 5.69 Å². The first-order valence-electron chi connectivity index (χ1n) is 5.14. The van der Waals surface area contributed by atoms with Crippen LogP contribution in [0.25, 0.3) is 0 Å². The maximum Gasteiger partial charge on any atom is 0.466 e. The number of benzene rings is 1. The van der Waals surface area contributed by atoms with Crippen molar-refractivity contribution in [2.45, 2.75) is 0 Å². The number of carbonyl (C=O) groups is 1. The van der Waals surface area contributed by atoms with E-state index in [4.69, 9.17) is 9.79 Å². The average molecular weight is 322 g/mol. The molecule has 1 aromatic heterocycles. The molecule has 112 valence electrons. The van der Waals surface area contributed by atoms with Gasteiger partial charge in [0.15, 0.2) is 0 Å². The van der Waals surface area contributed by atoms with Gasteiger partial charge in [-0.1, -0.05) is 4.57 Å². The summed E-state index contributed by atoms with van der Waals surface area (Å²) in [6.45, 7) is 0. The van der Waals surface area contributed by atoms with E-state index in [0.29, 0.717) is 6.07 Å². The molecule has 0 unspecified atom stereocenters. The molecular weight excluding hydrogens is 316 g/mol. The number of amides is 1. The predicted octanol–water partition coefficient (Wildman–Crippen LogP) is 0.888. The summed E-state index contributed by atoms with van der Waals surface area (Å²) >= 11 is 0. The Hall–Kier alpha value is -2.23. The van der Waals surface area contributed by atoms with Crippen molar-refractivity contribution in [1.29, 1.82) is 0 Å². The first-order valence-corrected chi connectivity index (χ1v) is 6.70. The monoisotopic (exact) mass is 322 g/mol. The van der Waals surface area contributed by atoms with Crippen molar-refractivity contribution in [3.8, 4) is 0 Å². The van der Waals surface area contributed by atoms with Crippen LogP contribution in [-0.2, 0) is 4.57 Å². The van der Waals surface area contributed by atoms with Crippen LogP contribution in [0, 0.1) is 17.6 Å². The summed E-state index contributed by atoms with van der Waals surface area (Å²) in [7, 11) is -5.01. The third-order valence-corrected chi connectivity index (χ3v) is 2.83. The van der Waals surface area contributed by atoms with E-state index in [1.54, 1.807) is 0 Å². The van der Waals surface area contributed by atoms with Crippen LogP contribution >= 0.6 is 7.75 Å². The second kappa shape index (κ2) is 5.28. The summed E-state index contributed by atoms with van der Waals surface area (Å²) < 4.78 is 49.8. The number of hydrogen-bond acceptors (Lipinski definition) is 4. The highest BCUT2D eigenvalue weighted by Crippen LogP contribution is 2.34. The molecule has 1 amide bonds. The molecule has 0 aliphatic rings. The van der Waals surface area contributed by atoms with Crippen LogP contribution in [0.15, 0.2) is 18.2 Å². The van der Waals surface area contributed by atoms with Crippen LogP contribution in [0.4, 0.5) is 18.9 Å². The maximum absolute atomic E-state index is 13.3. The molecule has 0 saturated carbocycles. The highest BCUT2D eigenvalue weighted by atomic mass is 31.2. The first-order chi connectivity index (χ1) is 9.68. The summed E-state index contributed by atoms with van der Waals surface area (Å²) in [5, 5.41) is 7.60. The molecule has 1 heterocycles. The summed E-state index contributed by atoms with van der Waals surface area (Å²) in [6.07, 6.45) is 0. The van der Waals surface area contributed by atoms with Gasteiger partial charge in [-0.3, -0.25) is 4.79 Å². The molecule has 0 fully saturated rings. The molecule has 21 heavy (non-hydrogen) atoms. The van der Waals surface area contributed by atoms with Gasteiger partial charge in [-0.15, -0.1) is 10.2 Å². The lowest BCUT2D eigenvalue weighted by atomic mass is 10.3. The van der Waals surface area contributed by atoms with Crippen LogP contribution < -0.4 is 5.32 Å². The van der Waals surface area contributed by atoms with Gasteiger partial charge in [0.25, 0.3) is 11.9 Å². The lowest BCUT2D eigenvalue weighted by molar-refractivity contribution is 0.101. The fraction of sp³-hybridized carbons (Fsp3) is 0. The van der Waals surface area contributed by atoms with Gasteiger partial charge >= 0.3 is 7.75 Å². The molecule has 0 radical (unpaired) electrons. The minimum Gasteiger partial charge on any atom is -0.318 e. The van der Waals surface area contributed by atoms with Crippen LogP contribution in [0.3, 0.4) is 0 Å².